The Morgan fingerprint density at radius 3 is 2.22 bits per heavy atom. The van der Waals surface area contributed by atoms with Gasteiger partial charge < -0.3 is 9.47 Å². The number of fused-ring (bicyclic) bond motifs is 1. The molecule has 1 N–H and O–H groups in total. The summed E-state index contributed by atoms with van der Waals surface area (Å²) in [7, 11) is 1.60. The standard InChI is InChI=1S/C30H25N3O4/c1-36-24-18-16-22(17-19-24)27-25-14-8-9-15-26(25)33(23-12-6-3-7-13-23)29(34)28(31-27)32-30(35)37-20-21-10-4-2-5-11-21/h2-19,28H,20H2,1H3,(H,32,35). The fourth-order valence-corrected chi connectivity index (χ4v) is 4.16. The van der Waals surface area contributed by atoms with Gasteiger partial charge in [0.15, 0.2) is 0 Å². The second kappa shape index (κ2) is 10.8. The van der Waals surface area contributed by atoms with Gasteiger partial charge in [-0.15, -0.1) is 0 Å². The maximum absolute atomic E-state index is 13.9. The molecule has 7 nitrogen and oxygen atoms in total. The molecular formula is C30H25N3O4. The van der Waals surface area contributed by atoms with Crippen LogP contribution in [0.15, 0.2) is 114 Å². The number of alkyl carbamates (subject to hydrolysis) is 1. The van der Waals surface area contributed by atoms with Crippen molar-refractivity contribution < 1.29 is 19.1 Å². The summed E-state index contributed by atoms with van der Waals surface area (Å²) in [6.45, 7) is 0.0747. The number of methoxy groups -OCH3 is 1. The summed E-state index contributed by atoms with van der Waals surface area (Å²) in [6.07, 6.45) is -1.95. The first-order valence-corrected chi connectivity index (χ1v) is 11.8. The summed E-state index contributed by atoms with van der Waals surface area (Å²) in [6, 6.07) is 33.6. The van der Waals surface area contributed by atoms with Gasteiger partial charge >= 0.3 is 6.09 Å². The monoisotopic (exact) mass is 491 g/mol. The topological polar surface area (TPSA) is 80.2 Å². The number of amides is 2. The van der Waals surface area contributed by atoms with E-state index in [-0.39, 0.29) is 6.61 Å². The highest BCUT2D eigenvalue weighted by Crippen LogP contribution is 2.34. The van der Waals surface area contributed by atoms with E-state index in [1.54, 1.807) is 12.0 Å². The molecule has 7 heteroatoms. The van der Waals surface area contributed by atoms with Crippen molar-refractivity contribution in [1.82, 2.24) is 5.32 Å². The third-order valence-corrected chi connectivity index (χ3v) is 5.96. The number of anilines is 2. The Bertz CT molecular complexity index is 1420. The highest BCUT2D eigenvalue weighted by Gasteiger charge is 2.34. The lowest BCUT2D eigenvalue weighted by atomic mass is 10.00. The maximum atomic E-state index is 13.9. The van der Waals surface area contributed by atoms with Gasteiger partial charge in [-0.05, 0) is 48.0 Å². The average Bonchev–Trinajstić information content (AvgIpc) is 3.07. The molecule has 0 spiro atoms. The van der Waals surface area contributed by atoms with E-state index in [0.29, 0.717) is 22.8 Å². The van der Waals surface area contributed by atoms with E-state index >= 15 is 0 Å². The number of para-hydroxylation sites is 2. The largest absolute Gasteiger partial charge is 0.497 e. The number of aliphatic imine (C=N–C) groups is 1. The Balaban J connectivity index is 1.55. The zero-order valence-electron chi connectivity index (χ0n) is 20.2. The van der Waals surface area contributed by atoms with Crippen molar-refractivity contribution in [3.8, 4) is 5.75 Å². The van der Waals surface area contributed by atoms with Crippen molar-refractivity contribution in [2.75, 3.05) is 12.0 Å². The summed E-state index contributed by atoms with van der Waals surface area (Å²) in [5, 5.41) is 2.67. The molecule has 0 saturated heterocycles. The van der Waals surface area contributed by atoms with E-state index in [9.17, 15) is 9.59 Å². The van der Waals surface area contributed by atoms with Crippen molar-refractivity contribution in [2.24, 2.45) is 4.99 Å². The molecule has 1 unspecified atom stereocenters. The Morgan fingerprint density at radius 2 is 1.51 bits per heavy atom. The zero-order chi connectivity index (χ0) is 25.6. The van der Waals surface area contributed by atoms with Crippen molar-refractivity contribution in [3.05, 3.63) is 126 Å². The molecule has 1 aliphatic heterocycles. The minimum absolute atomic E-state index is 0.0747. The van der Waals surface area contributed by atoms with Crippen LogP contribution in [0.3, 0.4) is 0 Å². The third kappa shape index (κ3) is 5.21. The molecule has 184 valence electrons. The van der Waals surface area contributed by atoms with Crippen molar-refractivity contribution in [2.45, 2.75) is 12.8 Å². The first kappa shape index (κ1) is 23.8. The predicted octanol–water partition coefficient (Wildman–Crippen LogP) is 5.46. The van der Waals surface area contributed by atoms with Crippen molar-refractivity contribution in [3.63, 3.8) is 0 Å². The van der Waals surface area contributed by atoms with Crippen LogP contribution >= 0.6 is 0 Å². The normalized spacial score (nSPS) is 14.7. The molecule has 1 heterocycles. The van der Waals surface area contributed by atoms with E-state index in [4.69, 9.17) is 14.5 Å². The molecular weight excluding hydrogens is 466 g/mol. The smallest absolute Gasteiger partial charge is 0.409 e. The molecule has 5 rings (SSSR count). The Morgan fingerprint density at radius 1 is 0.865 bits per heavy atom. The second-order valence-electron chi connectivity index (χ2n) is 8.34. The number of carbonyl (C=O) groups is 2. The summed E-state index contributed by atoms with van der Waals surface area (Å²) in [4.78, 5) is 33.1. The fourth-order valence-electron chi connectivity index (χ4n) is 4.16. The van der Waals surface area contributed by atoms with Gasteiger partial charge in [-0.1, -0.05) is 66.7 Å². The number of ether oxygens (including phenoxy) is 2. The van der Waals surface area contributed by atoms with Crippen molar-refractivity contribution in [1.29, 1.82) is 0 Å². The van der Waals surface area contributed by atoms with Crippen LogP contribution in [0, 0.1) is 0 Å². The average molecular weight is 492 g/mol. The van der Waals surface area contributed by atoms with Gasteiger partial charge in [0.05, 0.1) is 18.5 Å². The van der Waals surface area contributed by atoms with Gasteiger partial charge in [-0.2, -0.15) is 0 Å². The van der Waals surface area contributed by atoms with Gasteiger partial charge in [-0.3, -0.25) is 15.0 Å². The number of rotatable bonds is 6. The fraction of sp³-hybridized carbons (Fsp3) is 0.100. The molecule has 4 aromatic carbocycles. The quantitative estimate of drug-likeness (QED) is 0.388. The highest BCUT2D eigenvalue weighted by atomic mass is 16.5. The minimum atomic E-state index is -1.21. The summed E-state index contributed by atoms with van der Waals surface area (Å²) in [5.41, 5.74) is 4.27. The van der Waals surface area contributed by atoms with E-state index in [1.807, 2.05) is 109 Å². The molecule has 1 atom stereocenters. The second-order valence-corrected chi connectivity index (χ2v) is 8.34. The molecule has 37 heavy (non-hydrogen) atoms. The first-order valence-electron chi connectivity index (χ1n) is 11.8. The SMILES string of the molecule is COc1ccc(C2=NC(NC(=O)OCc3ccccc3)C(=O)N(c3ccccc3)c3ccccc32)cc1. The molecule has 0 radical (unpaired) electrons. The molecule has 0 bridgehead atoms. The lowest BCUT2D eigenvalue weighted by Crippen LogP contribution is -2.46. The van der Waals surface area contributed by atoms with Gasteiger partial charge in [0, 0.05) is 16.8 Å². The lowest BCUT2D eigenvalue weighted by Gasteiger charge is -2.25. The van der Waals surface area contributed by atoms with Crippen LogP contribution in [0.1, 0.15) is 16.7 Å². The maximum Gasteiger partial charge on any atom is 0.409 e. The number of hydrogen-bond donors (Lipinski definition) is 1. The number of benzene rings is 4. The zero-order valence-corrected chi connectivity index (χ0v) is 20.2. The lowest BCUT2D eigenvalue weighted by molar-refractivity contribution is -0.119. The number of nitrogens with zero attached hydrogens (tertiary/aromatic N) is 2. The molecule has 2 amide bonds. The first-order chi connectivity index (χ1) is 18.1. The van der Waals surface area contributed by atoms with Gasteiger partial charge in [-0.25, -0.2) is 9.79 Å². The van der Waals surface area contributed by atoms with Crippen LogP contribution in [0.4, 0.5) is 16.2 Å². The van der Waals surface area contributed by atoms with Crippen molar-refractivity contribution >= 4 is 29.1 Å². The summed E-state index contributed by atoms with van der Waals surface area (Å²) < 4.78 is 10.7. The Hall–Kier alpha value is -4.91. The van der Waals surface area contributed by atoms with Gasteiger partial charge in [0.1, 0.15) is 12.4 Å². The Labute approximate surface area is 215 Å². The van der Waals surface area contributed by atoms with Crippen LogP contribution in [0.2, 0.25) is 0 Å². The van der Waals surface area contributed by atoms with Crippen LogP contribution in [-0.4, -0.2) is 31.0 Å². The van der Waals surface area contributed by atoms with Gasteiger partial charge in [0.2, 0.25) is 6.17 Å². The van der Waals surface area contributed by atoms with Crippen LogP contribution in [0.25, 0.3) is 0 Å². The van der Waals surface area contributed by atoms with Crippen LogP contribution in [0.5, 0.6) is 5.75 Å². The van der Waals surface area contributed by atoms with Crippen LogP contribution in [-0.2, 0) is 16.1 Å². The number of nitrogens with one attached hydrogen (secondary N) is 1. The minimum Gasteiger partial charge on any atom is -0.497 e. The highest BCUT2D eigenvalue weighted by molar-refractivity contribution is 6.21. The number of carbonyl (C=O) groups excluding carboxylic acids is 2. The van der Waals surface area contributed by atoms with E-state index < -0.39 is 18.2 Å². The third-order valence-electron chi connectivity index (χ3n) is 5.96. The van der Waals surface area contributed by atoms with E-state index in [1.165, 1.54) is 0 Å². The molecule has 0 aromatic heterocycles. The predicted molar refractivity (Wildman–Crippen MR) is 142 cm³/mol. The Kier molecular flexibility index (Phi) is 6.94. The van der Waals surface area contributed by atoms with Crippen LogP contribution < -0.4 is 15.0 Å². The molecule has 0 saturated carbocycles. The summed E-state index contributed by atoms with van der Waals surface area (Å²) in [5.74, 6) is 0.297. The number of benzodiazepines with no additional fused rings is 1. The summed E-state index contributed by atoms with van der Waals surface area (Å²) >= 11 is 0. The van der Waals surface area contributed by atoms with E-state index in [0.717, 1.165) is 16.7 Å². The molecule has 0 fully saturated rings. The van der Waals surface area contributed by atoms with Gasteiger partial charge in [0.25, 0.3) is 5.91 Å². The number of hydrogen-bond acceptors (Lipinski definition) is 5. The molecule has 0 aliphatic carbocycles. The molecule has 4 aromatic rings. The molecule has 1 aliphatic rings. The van der Waals surface area contributed by atoms with E-state index in [2.05, 4.69) is 5.32 Å².